The van der Waals surface area contributed by atoms with Crippen LogP contribution in [0.15, 0.2) is 0 Å². The molecule has 0 amide bonds. The van der Waals surface area contributed by atoms with Gasteiger partial charge in [-0.25, -0.2) is 4.79 Å². The van der Waals surface area contributed by atoms with Crippen LogP contribution in [0.1, 0.15) is 73.1 Å². The molecule has 0 N–H and O–H groups in total. The second-order valence-electron chi connectivity index (χ2n) is 5.89. The minimum atomic E-state index is -0.249. The lowest BCUT2D eigenvalue weighted by atomic mass is 9.89. The van der Waals surface area contributed by atoms with Gasteiger partial charge in [0.05, 0.1) is 0 Å². The summed E-state index contributed by atoms with van der Waals surface area (Å²) in [5.41, 5.74) is 0.389. The van der Waals surface area contributed by atoms with Crippen molar-refractivity contribution in [2.75, 3.05) is 0 Å². The highest BCUT2D eigenvalue weighted by Gasteiger charge is 2.10. The van der Waals surface area contributed by atoms with E-state index in [2.05, 4.69) is 20.8 Å². The number of unbranched alkanes of at least 4 members (excludes halogenated alkanes) is 2. The van der Waals surface area contributed by atoms with Crippen LogP contribution in [0.4, 0.5) is 0 Å². The van der Waals surface area contributed by atoms with E-state index in [9.17, 15) is 4.79 Å². The fourth-order valence-corrected chi connectivity index (χ4v) is 1.35. The summed E-state index contributed by atoms with van der Waals surface area (Å²) in [5.74, 6) is -0.249. The Balaban J connectivity index is 3.40. The molecule has 0 aliphatic heterocycles. The number of rotatable bonds is 8. The highest BCUT2D eigenvalue weighted by Crippen LogP contribution is 2.22. The number of carbonyl (C=O) groups excluding carboxylic acids is 1. The Morgan fingerprint density at radius 2 is 1.82 bits per heavy atom. The molecule has 0 heterocycles. The van der Waals surface area contributed by atoms with Crippen molar-refractivity contribution in [3.05, 3.63) is 0 Å². The van der Waals surface area contributed by atoms with Gasteiger partial charge in [0.2, 0.25) is 0 Å². The highest BCUT2D eigenvalue weighted by molar-refractivity contribution is 5.68. The summed E-state index contributed by atoms with van der Waals surface area (Å²) in [6.07, 6.45) is 5.63. The summed E-state index contributed by atoms with van der Waals surface area (Å²) in [4.78, 5) is 20.9. The van der Waals surface area contributed by atoms with Gasteiger partial charge in [0.15, 0.2) is 0 Å². The summed E-state index contributed by atoms with van der Waals surface area (Å²) in [6.45, 7) is 10.6. The Kier molecular flexibility index (Phi) is 8.23. The number of carbonyl (C=O) groups is 1. The molecular formula is C14H28O3. The van der Waals surface area contributed by atoms with Crippen LogP contribution in [0.3, 0.4) is 0 Å². The largest absolute Gasteiger partial charge is 0.342 e. The third kappa shape index (κ3) is 11.7. The minimum absolute atomic E-state index is 0.0140. The zero-order chi connectivity index (χ0) is 13.3. The predicted octanol–water partition coefficient (Wildman–Crippen LogP) is 4.26. The average molecular weight is 244 g/mol. The van der Waals surface area contributed by atoms with E-state index in [1.807, 2.05) is 13.8 Å². The molecule has 0 aromatic carbocycles. The van der Waals surface area contributed by atoms with Gasteiger partial charge in [-0.2, -0.15) is 4.89 Å². The number of hydrogen-bond donors (Lipinski definition) is 0. The first-order chi connectivity index (χ1) is 7.85. The van der Waals surface area contributed by atoms with Crippen molar-refractivity contribution < 1.29 is 14.6 Å². The Labute approximate surface area is 106 Å². The van der Waals surface area contributed by atoms with Gasteiger partial charge >= 0.3 is 5.97 Å². The molecule has 102 valence electrons. The summed E-state index contributed by atoms with van der Waals surface area (Å²) in [5, 5.41) is 0. The molecule has 0 aromatic rings. The van der Waals surface area contributed by atoms with Crippen molar-refractivity contribution in [3.63, 3.8) is 0 Å². The number of hydrogen-bond acceptors (Lipinski definition) is 3. The van der Waals surface area contributed by atoms with E-state index in [1.54, 1.807) is 0 Å². The zero-order valence-electron chi connectivity index (χ0n) is 12.0. The van der Waals surface area contributed by atoms with Gasteiger partial charge in [-0.15, -0.1) is 0 Å². The molecule has 0 bridgehead atoms. The molecule has 0 fully saturated rings. The quantitative estimate of drug-likeness (QED) is 0.363. The Morgan fingerprint density at radius 3 is 2.35 bits per heavy atom. The van der Waals surface area contributed by atoms with Gasteiger partial charge in [-0.1, -0.05) is 40.5 Å². The van der Waals surface area contributed by atoms with E-state index in [0.717, 1.165) is 19.3 Å². The Morgan fingerprint density at radius 1 is 1.18 bits per heavy atom. The van der Waals surface area contributed by atoms with Crippen LogP contribution in [0.5, 0.6) is 0 Å². The molecule has 17 heavy (non-hydrogen) atoms. The molecule has 0 aromatic heterocycles. The predicted molar refractivity (Wildman–Crippen MR) is 69.5 cm³/mol. The van der Waals surface area contributed by atoms with E-state index in [0.29, 0.717) is 11.8 Å². The van der Waals surface area contributed by atoms with Gasteiger partial charge in [0.25, 0.3) is 0 Å². The van der Waals surface area contributed by atoms with Gasteiger partial charge < -0.3 is 0 Å². The average Bonchev–Trinajstić information content (AvgIpc) is 2.23. The maximum atomic E-state index is 11.3. The maximum absolute atomic E-state index is 11.3. The molecule has 0 aliphatic rings. The second kappa shape index (κ2) is 8.51. The standard InChI is InChI=1S/C14H28O3/c1-6-12(2)16-17-13(15)10-8-7-9-11-14(3,4)5/h12H,6-11H2,1-5H3. The molecule has 0 aliphatic carbocycles. The summed E-state index contributed by atoms with van der Waals surface area (Å²) in [7, 11) is 0. The normalized spacial score (nSPS) is 13.5. The molecule has 0 saturated heterocycles. The van der Waals surface area contributed by atoms with Crippen LogP contribution in [0, 0.1) is 5.41 Å². The Bertz CT molecular complexity index is 206. The van der Waals surface area contributed by atoms with Crippen LogP contribution in [0.2, 0.25) is 0 Å². The summed E-state index contributed by atoms with van der Waals surface area (Å²) >= 11 is 0. The third-order valence-corrected chi connectivity index (χ3v) is 2.69. The minimum Gasteiger partial charge on any atom is -0.298 e. The molecule has 3 heteroatoms. The molecule has 0 rings (SSSR count). The monoisotopic (exact) mass is 244 g/mol. The molecule has 1 atom stereocenters. The van der Waals surface area contributed by atoms with Crippen LogP contribution >= 0.6 is 0 Å². The smallest absolute Gasteiger partial charge is 0.298 e. The third-order valence-electron chi connectivity index (χ3n) is 2.69. The summed E-state index contributed by atoms with van der Waals surface area (Å²) in [6, 6.07) is 0. The lowest BCUT2D eigenvalue weighted by Gasteiger charge is -2.17. The van der Waals surface area contributed by atoms with Crippen molar-refractivity contribution in [1.82, 2.24) is 0 Å². The van der Waals surface area contributed by atoms with E-state index in [1.165, 1.54) is 12.8 Å². The molecular weight excluding hydrogens is 216 g/mol. The van der Waals surface area contributed by atoms with E-state index >= 15 is 0 Å². The van der Waals surface area contributed by atoms with E-state index in [-0.39, 0.29) is 12.1 Å². The van der Waals surface area contributed by atoms with Crippen molar-refractivity contribution in [2.45, 2.75) is 79.2 Å². The SMILES string of the molecule is CCC(C)OOC(=O)CCCCCC(C)(C)C. The first-order valence-corrected chi connectivity index (χ1v) is 6.71. The lowest BCUT2D eigenvalue weighted by Crippen LogP contribution is -2.12. The molecule has 1 unspecified atom stereocenters. The second-order valence-corrected chi connectivity index (χ2v) is 5.89. The van der Waals surface area contributed by atoms with E-state index in [4.69, 9.17) is 9.78 Å². The molecule has 0 radical (unpaired) electrons. The first-order valence-electron chi connectivity index (χ1n) is 6.71. The maximum Gasteiger partial charge on any atom is 0.342 e. The van der Waals surface area contributed by atoms with Crippen LogP contribution in [-0.2, 0) is 14.6 Å². The van der Waals surface area contributed by atoms with Gasteiger partial charge in [0, 0.05) is 6.42 Å². The van der Waals surface area contributed by atoms with Crippen LogP contribution in [0.25, 0.3) is 0 Å². The van der Waals surface area contributed by atoms with Crippen molar-refractivity contribution in [1.29, 1.82) is 0 Å². The first kappa shape index (κ1) is 16.4. The van der Waals surface area contributed by atoms with Gasteiger partial charge in [0.1, 0.15) is 6.10 Å². The highest BCUT2D eigenvalue weighted by atomic mass is 17.2. The van der Waals surface area contributed by atoms with Crippen molar-refractivity contribution in [3.8, 4) is 0 Å². The van der Waals surface area contributed by atoms with Gasteiger partial charge in [-0.05, 0) is 31.6 Å². The summed E-state index contributed by atoms with van der Waals surface area (Å²) < 4.78 is 0. The fourth-order valence-electron chi connectivity index (χ4n) is 1.35. The fraction of sp³-hybridized carbons (Fsp3) is 0.929. The zero-order valence-corrected chi connectivity index (χ0v) is 12.0. The van der Waals surface area contributed by atoms with Crippen LogP contribution in [-0.4, -0.2) is 12.1 Å². The topological polar surface area (TPSA) is 35.5 Å². The molecule has 0 saturated carbocycles. The Hall–Kier alpha value is -0.570. The van der Waals surface area contributed by atoms with E-state index < -0.39 is 0 Å². The van der Waals surface area contributed by atoms with Crippen molar-refractivity contribution >= 4 is 5.97 Å². The van der Waals surface area contributed by atoms with Crippen molar-refractivity contribution in [2.24, 2.45) is 5.41 Å². The van der Waals surface area contributed by atoms with Gasteiger partial charge in [-0.3, -0.25) is 4.89 Å². The molecule has 3 nitrogen and oxygen atoms in total. The molecule has 0 spiro atoms. The lowest BCUT2D eigenvalue weighted by molar-refractivity contribution is -0.295. The van der Waals surface area contributed by atoms with Crippen LogP contribution < -0.4 is 0 Å².